The van der Waals surface area contributed by atoms with Crippen LogP contribution < -0.4 is 5.73 Å². The van der Waals surface area contributed by atoms with Crippen molar-refractivity contribution < 1.29 is 10.2 Å². The molecule has 56 valence electrons. The second kappa shape index (κ2) is 5.97. The minimum absolute atomic E-state index is 0.0300. The first-order valence-corrected chi connectivity index (χ1v) is 2.99. The van der Waals surface area contributed by atoms with Crippen LogP contribution in [0.4, 0.5) is 0 Å². The van der Waals surface area contributed by atoms with Crippen LogP contribution in [0.5, 0.6) is 0 Å². The zero-order chi connectivity index (χ0) is 7.11. The maximum atomic E-state index is 8.55. The zero-order valence-electron chi connectivity index (χ0n) is 5.45. The highest BCUT2D eigenvalue weighted by Crippen LogP contribution is 1.80. The lowest BCUT2D eigenvalue weighted by molar-refractivity contribution is 0.0905. The lowest BCUT2D eigenvalue weighted by Crippen LogP contribution is -2.32. The summed E-state index contributed by atoms with van der Waals surface area (Å²) in [6.45, 7) is 1.68. The first-order chi connectivity index (χ1) is 4.35. The molecular weight excluding hydrogens is 120 g/mol. The molecule has 0 saturated heterocycles. The number of nitrogens with two attached hydrogens (primary N) is 1. The van der Waals surface area contributed by atoms with Crippen LogP contribution in [0.3, 0.4) is 0 Å². The molecule has 4 N–H and O–H groups in total. The highest BCUT2D eigenvalue weighted by atomic mass is 16.3. The van der Waals surface area contributed by atoms with Gasteiger partial charge in [0.2, 0.25) is 0 Å². The number of hydrogen-bond acceptors (Lipinski definition) is 4. The third kappa shape index (κ3) is 4.35. The molecular formula is C5H14N2O2. The van der Waals surface area contributed by atoms with Gasteiger partial charge in [-0.2, -0.15) is 0 Å². The SMILES string of the molecule is NCCN(CO)CCO. The van der Waals surface area contributed by atoms with E-state index in [9.17, 15) is 0 Å². The topological polar surface area (TPSA) is 69.7 Å². The summed E-state index contributed by atoms with van der Waals surface area (Å²) in [5, 5.41) is 16.9. The Kier molecular flexibility index (Phi) is 5.86. The smallest absolute Gasteiger partial charge is 0.0957 e. The quantitative estimate of drug-likeness (QED) is 0.388. The van der Waals surface area contributed by atoms with E-state index in [1.807, 2.05) is 0 Å². The molecule has 0 atom stereocenters. The predicted molar refractivity (Wildman–Crippen MR) is 34.8 cm³/mol. The van der Waals surface area contributed by atoms with Crippen LogP contribution in [-0.2, 0) is 0 Å². The molecule has 0 bridgehead atoms. The summed E-state index contributed by atoms with van der Waals surface area (Å²) in [4.78, 5) is 1.67. The summed E-state index contributed by atoms with van der Waals surface area (Å²) in [5.74, 6) is 0. The Bertz CT molecular complexity index is 54.9. The van der Waals surface area contributed by atoms with Crippen LogP contribution in [0.15, 0.2) is 0 Å². The van der Waals surface area contributed by atoms with Crippen LogP contribution in [0.2, 0.25) is 0 Å². The van der Waals surface area contributed by atoms with Crippen molar-refractivity contribution in [2.45, 2.75) is 0 Å². The van der Waals surface area contributed by atoms with E-state index in [1.54, 1.807) is 4.90 Å². The molecule has 0 radical (unpaired) electrons. The van der Waals surface area contributed by atoms with Crippen LogP contribution in [0.1, 0.15) is 0 Å². The molecule has 0 aliphatic rings. The second-order valence-electron chi connectivity index (χ2n) is 1.77. The van der Waals surface area contributed by atoms with Gasteiger partial charge >= 0.3 is 0 Å². The van der Waals surface area contributed by atoms with Gasteiger partial charge in [-0.1, -0.05) is 0 Å². The summed E-state index contributed by atoms with van der Waals surface area (Å²) in [6.07, 6.45) is 0. The third-order valence-electron chi connectivity index (χ3n) is 1.06. The average Bonchev–Trinajstić information content (AvgIpc) is 1.88. The Morgan fingerprint density at radius 3 is 2.22 bits per heavy atom. The van der Waals surface area contributed by atoms with Gasteiger partial charge in [0.05, 0.1) is 13.3 Å². The zero-order valence-corrected chi connectivity index (χ0v) is 5.45. The average molecular weight is 134 g/mol. The highest BCUT2D eigenvalue weighted by molar-refractivity contribution is 4.50. The van der Waals surface area contributed by atoms with Crippen molar-refractivity contribution in [1.29, 1.82) is 0 Å². The molecule has 9 heavy (non-hydrogen) atoms. The van der Waals surface area contributed by atoms with Crippen LogP contribution in [0.25, 0.3) is 0 Å². The molecule has 0 aliphatic carbocycles. The molecule has 0 fully saturated rings. The Balaban J connectivity index is 3.18. The van der Waals surface area contributed by atoms with E-state index in [0.717, 1.165) is 0 Å². The molecule has 0 aromatic carbocycles. The van der Waals surface area contributed by atoms with Gasteiger partial charge in [0.15, 0.2) is 0 Å². The number of rotatable bonds is 5. The molecule has 0 saturated carbocycles. The molecule has 0 spiro atoms. The number of nitrogens with zero attached hydrogens (tertiary/aromatic N) is 1. The fraction of sp³-hybridized carbons (Fsp3) is 1.00. The highest BCUT2D eigenvalue weighted by Gasteiger charge is 1.97. The van der Waals surface area contributed by atoms with Gasteiger partial charge in [0.1, 0.15) is 0 Å². The standard InChI is InChI=1S/C5H14N2O2/c6-1-2-7(5-9)3-4-8/h8-9H,1-6H2. The summed E-state index contributed by atoms with van der Waals surface area (Å²) in [7, 11) is 0. The molecule has 4 nitrogen and oxygen atoms in total. The maximum Gasteiger partial charge on any atom is 0.0957 e. The lowest BCUT2D eigenvalue weighted by atomic mass is 10.5. The molecule has 0 aromatic heterocycles. The van der Waals surface area contributed by atoms with Crippen molar-refractivity contribution in [3.8, 4) is 0 Å². The van der Waals surface area contributed by atoms with Crippen molar-refractivity contribution in [2.75, 3.05) is 33.0 Å². The predicted octanol–water partition coefficient (Wildman–Crippen LogP) is -1.81. The Morgan fingerprint density at radius 1 is 1.22 bits per heavy atom. The van der Waals surface area contributed by atoms with Gasteiger partial charge in [-0.15, -0.1) is 0 Å². The van der Waals surface area contributed by atoms with E-state index < -0.39 is 0 Å². The van der Waals surface area contributed by atoms with Gasteiger partial charge in [0.25, 0.3) is 0 Å². The lowest BCUT2D eigenvalue weighted by Gasteiger charge is -2.15. The fourth-order valence-corrected chi connectivity index (χ4v) is 0.577. The summed E-state index contributed by atoms with van der Waals surface area (Å²) in [6, 6.07) is 0. The monoisotopic (exact) mass is 134 g/mol. The molecule has 0 aliphatic heterocycles. The van der Waals surface area contributed by atoms with E-state index in [1.165, 1.54) is 0 Å². The van der Waals surface area contributed by atoms with Gasteiger partial charge in [-0.25, -0.2) is 0 Å². The summed E-state index contributed by atoms with van der Waals surface area (Å²) in [5.41, 5.74) is 5.20. The van der Waals surface area contributed by atoms with Crippen molar-refractivity contribution >= 4 is 0 Å². The minimum atomic E-state index is -0.0300. The number of aliphatic hydroxyl groups is 2. The molecule has 0 aromatic rings. The Hall–Kier alpha value is -0.160. The van der Waals surface area contributed by atoms with E-state index in [2.05, 4.69) is 0 Å². The summed E-state index contributed by atoms with van der Waals surface area (Å²) >= 11 is 0. The number of aliphatic hydroxyl groups excluding tert-OH is 2. The minimum Gasteiger partial charge on any atom is -0.395 e. The van der Waals surface area contributed by atoms with Crippen LogP contribution in [0, 0.1) is 0 Å². The van der Waals surface area contributed by atoms with Crippen molar-refractivity contribution in [1.82, 2.24) is 4.90 Å². The molecule has 4 heteroatoms. The van der Waals surface area contributed by atoms with E-state index in [4.69, 9.17) is 15.9 Å². The first kappa shape index (κ1) is 8.84. The van der Waals surface area contributed by atoms with E-state index in [-0.39, 0.29) is 13.3 Å². The summed E-state index contributed by atoms with van der Waals surface area (Å²) < 4.78 is 0. The fourth-order valence-electron chi connectivity index (χ4n) is 0.577. The normalized spacial score (nSPS) is 10.7. The van der Waals surface area contributed by atoms with E-state index >= 15 is 0 Å². The van der Waals surface area contributed by atoms with Gasteiger partial charge in [-0.3, -0.25) is 4.90 Å². The maximum absolute atomic E-state index is 8.55. The van der Waals surface area contributed by atoms with Gasteiger partial charge < -0.3 is 15.9 Å². The van der Waals surface area contributed by atoms with Crippen molar-refractivity contribution in [2.24, 2.45) is 5.73 Å². The van der Waals surface area contributed by atoms with Crippen molar-refractivity contribution in [3.05, 3.63) is 0 Å². The molecule has 0 unspecified atom stereocenters. The van der Waals surface area contributed by atoms with Crippen molar-refractivity contribution in [3.63, 3.8) is 0 Å². The molecule has 0 rings (SSSR count). The Morgan fingerprint density at radius 2 is 1.89 bits per heavy atom. The third-order valence-corrected chi connectivity index (χ3v) is 1.06. The molecule has 0 amide bonds. The first-order valence-electron chi connectivity index (χ1n) is 2.99. The van der Waals surface area contributed by atoms with Crippen LogP contribution >= 0.6 is 0 Å². The number of hydrogen-bond donors (Lipinski definition) is 3. The van der Waals surface area contributed by atoms with Gasteiger partial charge in [0, 0.05) is 19.6 Å². The van der Waals surface area contributed by atoms with Crippen LogP contribution in [-0.4, -0.2) is 48.1 Å². The Labute approximate surface area is 54.9 Å². The second-order valence-corrected chi connectivity index (χ2v) is 1.77. The van der Waals surface area contributed by atoms with Gasteiger partial charge in [-0.05, 0) is 0 Å². The van der Waals surface area contributed by atoms with E-state index in [0.29, 0.717) is 19.6 Å². The molecule has 0 heterocycles. The largest absolute Gasteiger partial charge is 0.395 e.